The summed E-state index contributed by atoms with van der Waals surface area (Å²) in [5.41, 5.74) is 0.114. The maximum Gasteiger partial charge on any atom is 0.315 e. The number of carbonyl (C=O) groups is 2. The average molecular weight is 395 g/mol. The Labute approximate surface area is 172 Å². The molecule has 5 nitrogen and oxygen atoms in total. The van der Waals surface area contributed by atoms with Gasteiger partial charge in [-0.15, -0.1) is 0 Å². The fourth-order valence-electron chi connectivity index (χ4n) is 4.26. The molecule has 154 valence electrons. The number of nitrogens with one attached hydrogen (secondary N) is 2. The predicted molar refractivity (Wildman–Crippen MR) is 113 cm³/mol. The summed E-state index contributed by atoms with van der Waals surface area (Å²) in [7, 11) is 0. The molecule has 0 spiro atoms. The largest absolute Gasteiger partial charge is 0.378 e. The molecule has 1 fully saturated rings. The van der Waals surface area contributed by atoms with Gasteiger partial charge in [0.15, 0.2) is 0 Å². The molecule has 1 atom stereocenters. The minimum atomic E-state index is -1.35. The summed E-state index contributed by atoms with van der Waals surface area (Å²) in [6, 6.07) is 18.1. The van der Waals surface area contributed by atoms with E-state index in [0.29, 0.717) is 12.3 Å². The van der Waals surface area contributed by atoms with E-state index < -0.39 is 11.6 Å². The lowest BCUT2D eigenvalue weighted by atomic mass is 9.81. The van der Waals surface area contributed by atoms with Crippen LogP contribution in [0.1, 0.15) is 50.2 Å². The molecule has 1 aliphatic rings. The van der Waals surface area contributed by atoms with Crippen LogP contribution in [-0.2, 0) is 10.4 Å². The van der Waals surface area contributed by atoms with E-state index in [-0.39, 0.29) is 12.1 Å². The molecule has 2 amide bonds. The highest BCUT2D eigenvalue weighted by Gasteiger charge is 2.38. The lowest BCUT2D eigenvalue weighted by Crippen LogP contribution is -2.54. The van der Waals surface area contributed by atoms with Gasteiger partial charge < -0.3 is 20.5 Å². The van der Waals surface area contributed by atoms with Crippen LogP contribution < -0.4 is 10.6 Å². The molecule has 0 aliphatic heterocycles. The summed E-state index contributed by atoms with van der Waals surface area (Å²) >= 11 is 0. The number of aliphatic hydroxyl groups is 1. The number of urea groups is 1. The first kappa shape index (κ1) is 21.1. The van der Waals surface area contributed by atoms with Crippen LogP contribution in [0.15, 0.2) is 60.7 Å². The second-order valence-corrected chi connectivity index (χ2v) is 7.96. The van der Waals surface area contributed by atoms with Gasteiger partial charge in [0.1, 0.15) is 11.9 Å². The van der Waals surface area contributed by atoms with Gasteiger partial charge in [0.05, 0.1) is 6.04 Å². The molecule has 3 N–H and O–H groups in total. The van der Waals surface area contributed by atoms with Gasteiger partial charge in [0.2, 0.25) is 0 Å². The quantitative estimate of drug-likeness (QED) is 0.626. The van der Waals surface area contributed by atoms with E-state index in [1.165, 1.54) is 0 Å². The van der Waals surface area contributed by atoms with Crippen LogP contribution in [0.4, 0.5) is 4.79 Å². The van der Waals surface area contributed by atoms with Gasteiger partial charge >= 0.3 is 6.03 Å². The zero-order chi connectivity index (χ0) is 20.7. The Hall–Kier alpha value is -2.66. The molecule has 1 aliphatic carbocycles. The first-order valence-electron chi connectivity index (χ1n) is 10.4. The van der Waals surface area contributed by atoms with Crippen LogP contribution in [-0.4, -0.2) is 29.5 Å². The van der Waals surface area contributed by atoms with E-state index in [1.54, 1.807) is 0 Å². The molecule has 2 aromatic rings. The first-order valence-corrected chi connectivity index (χ1v) is 10.4. The number of hydrogen-bond donors (Lipinski definition) is 3. The summed E-state index contributed by atoms with van der Waals surface area (Å²) in [6.45, 7) is 1.82. The Morgan fingerprint density at radius 3 is 2.03 bits per heavy atom. The van der Waals surface area contributed by atoms with Gasteiger partial charge in [0, 0.05) is 12.5 Å². The molecule has 0 saturated heterocycles. The number of amides is 2. The number of carbonyl (C=O) groups excluding carboxylic acids is 2. The van der Waals surface area contributed by atoms with Crippen molar-refractivity contribution in [2.45, 2.75) is 56.7 Å². The zero-order valence-electron chi connectivity index (χ0n) is 16.9. The van der Waals surface area contributed by atoms with Gasteiger partial charge in [-0.25, -0.2) is 4.79 Å². The van der Waals surface area contributed by atoms with Gasteiger partial charge in [-0.2, -0.15) is 0 Å². The van der Waals surface area contributed by atoms with Crippen LogP contribution in [0.2, 0.25) is 0 Å². The van der Waals surface area contributed by atoms with Crippen molar-refractivity contribution in [2.75, 3.05) is 0 Å². The molecule has 2 aromatic carbocycles. The highest BCUT2D eigenvalue weighted by molar-refractivity contribution is 5.75. The molecule has 5 heteroatoms. The van der Waals surface area contributed by atoms with Crippen molar-refractivity contribution in [3.63, 3.8) is 0 Å². The molecular formula is C24H30N2O3. The van der Waals surface area contributed by atoms with E-state index in [0.717, 1.165) is 43.1 Å². The highest BCUT2D eigenvalue weighted by Crippen LogP contribution is 2.33. The van der Waals surface area contributed by atoms with E-state index >= 15 is 0 Å². The summed E-state index contributed by atoms with van der Waals surface area (Å²) in [6.07, 6.45) is 5.26. The second-order valence-electron chi connectivity index (χ2n) is 7.96. The molecule has 1 saturated carbocycles. The predicted octanol–water partition coefficient (Wildman–Crippen LogP) is 3.76. The Balaban J connectivity index is 1.68. The van der Waals surface area contributed by atoms with Crippen molar-refractivity contribution < 1.29 is 14.7 Å². The Morgan fingerprint density at radius 1 is 1.03 bits per heavy atom. The standard InChI is InChI=1S/C24H30N2O3/c1-18(25-23(28)26-22-14-12-19(13-15-22)16-17-27)24(29,20-8-4-2-5-9-20)21-10-6-3-7-11-21/h2-11,17-19,22,29H,12-16H2,1H3,(H2,25,26,28)/t18-,19-,22-/m1/s1. The summed E-state index contributed by atoms with van der Waals surface area (Å²) in [5, 5.41) is 17.7. The molecule has 0 heterocycles. The summed E-state index contributed by atoms with van der Waals surface area (Å²) in [4.78, 5) is 23.3. The number of aldehydes is 1. The fourth-order valence-corrected chi connectivity index (χ4v) is 4.26. The third-order valence-corrected chi connectivity index (χ3v) is 6.01. The lowest BCUT2D eigenvalue weighted by Gasteiger charge is -2.36. The molecule has 0 bridgehead atoms. The summed E-state index contributed by atoms with van der Waals surface area (Å²) in [5.74, 6) is 0.439. The van der Waals surface area contributed by atoms with Gasteiger partial charge in [-0.05, 0) is 49.7 Å². The topological polar surface area (TPSA) is 78.4 Å². The first-order chi connectivity index (χ1) is 14.0. The molecule has 0 unspecified atom stereocenters. The Kier molecular flexibility index (Phi) is 7.04. The maximum absolute atomic E-state index is 12.6. The van der Waals surface area contributed by atoms with E-state index in [1.807, 2.05) is 67.6 Å². The van der Waals surface area contributed by atoms with Gasteiger partial charge in [-0.3, -0.25) is 0 Å². The van der Waals surface area contributed by atoms with E-state index in [4.69, 9.17) is 0 Å². The van der Waals surface area contributed by atoms with Gasteiger partial charge in [-0.1, -0.05) is 60.7 Å². The fraction of sp³-hybridized carbons (Fsp3) is 0.417. The maximum atomic E-state index is 12.6. The van der Waals surface area contributed by atoms with Crippen molar-refractivity contribution in [1.29, 1.82) is 0 Å². The van der Waals surface area contributed by atoms with Crippen LogP contribution in [0.3, 0.4) is 0 Å². The zero-order valence-corrected chi connectivity index (χ0v) is 16.9. The normalized spacial score (nSPS) is 20.5. The SMILES string of the molecule is C[C@@H](NC(=O)N[C@H]1CC[C@H](CC=O)CC1)C(O)(c1ccccc1)c1ccccc1. The second kappa shape index (κ2) is 9.70. The smallest absolute Gasteiger partial charge is 0.315 e. The van der Waals surface area contributed by atoms with Crippen LogP contribution in [0.5, 0.6) is 0 Å². The molecule has 29 heavy (non-hydrogen) atoms. The highest BCUT2D eigenvalue weighted by atomic mass is 16.3. The Bertz CT molecular complexity index is 747. The van der Waals surface area contributed by atoms with Crippen LogP contribution in [0.25, 0.3) is 0 Å². The third-order valence-electron chi connectivity index (χ3n) is 6.01. The molecule has 3 rings (SSSR count). The Morgan fingerprint density at radius 2 is 1.55 bits per heavy atom. The van der Waals surface area contributed by atoms with Crippen LogP contribution in [0, 0.1) is 5.92 Å². The summed E-state index contributed by atoms with van der Waals surface area (Å²) < 4.78 is 0. The number of hydrogen-bond acceptors (Lipinski definition) is 3. The van der Waals surface area contributed by atoms with E-state index in [9.17, 15) is 14.7 Å². The molecule has 0 radical (unpaired) electrons. The van der Waals surface area contributed by atoms with Gasteiger partial charge in [0.25, 0.3) is 0 Å². The van der Waals surface area contributed by atoms with Crippen molar-refractivity contribution in [3.05, 3.63) is 71.8 Å². The number of rotatable bonds is 7. The minimum absolute atomic E-state index is 0.103. The molecular weight excluding hydrogens is 364 g/mol. The average Bonchev–Trinajstić information content (AvgIpc) is 2.76. The van der Waals surface area contributed by atoms with Crippen molar-refractivity contribution in [2.24, 2.45) is 5.92 Å². The third kappa shape index (κ3) is 5.04. The van der Waals surface area contributed by atoms with Crippen LogP contribution >= 0.6 is 0 Å². The van der Waals surface area contributed by atoms with Crippen molar-refractivity contribution in [3.8, 4) is 0 Å². The van der Waals surface area contributed by atoms with Crippen molar-refractivity contribution >= 4 is 12.3 Å². The molecule has 0 aromatic heterocycles. The minimum Gasteiger partial charge on any atom is -0.378 e. The van der Waals surface area contributed by atoms with Crippen molar-refractivity contribution in [1.82, 2.24) is 10.6 Å². The number of benzene rings is 2. The van der Waals surface area contributed by atoms with E-state index in [2.05, 4.69) is 10.6 Å². The lowest BCUT2D eigenvalue weighted by molar-refractivity contribution is -0.108. The monoisotopic (exact) mass is 394 g/mol.